The number of H-pyrrole nitrogens is 1. The number of aromatic nitrogens is 4. The van der Waals surface area contributed by atoms with Crippen molar-refractivity contribution in [3.63, 3.8) is 0 Å². The molecule has 6 heteroatoms. The van der Waals surface area contributed by atoms with Crippen LogP contribution in [0, 0.1) is 0 Å². The highest BCUT2D eigenvalue weighted by atomic mass is 16.4. The maximum Gasteiger partial charge on any atom is 0.335 e. The molecule has 0 radical (unpaired) electrons. The first-order valence-corrected chi connectivity index (χ1v) is 10.9. The van der Waals surface area contributed by atoms with E-state index in [1.807, 2.05) is 55.6 Å². The summed E-state index contributed by atoms with van der Waals surface area (Å²) in [5.41, 5.74) is 9.30. The van der Waals surface area contributed by atoms with Crippen molar-refractivity contribution in [3.8, 4) is 11.1 Å². The summed E-state index contributed by atoms with van der Waals surface area (Å²) in [7, 11) is 2.04. The maximum absolute atomic E-state index is 11.3. The van der Waals surface area contributed by atoms with Gasteiger partial charge in [-0.3, -0.25) is 0 Å². The van der Waals surface area contributed by atoms with Crippen molar-refractivity contribution in [2.45, 2.75) is 0 Å². The summed E-state index contributed by atoms with van der Waals surface area (Å²) in [6.07, 6.45) is 7.92. The Morgan fingerprint density at radius 3 is 2.00 bits per heavy atom. The number of benzene rings is 1. The minimum atomic E-state index is -0.953. The average molecular weight is 444 g/mol. The Bertz CT molecular complexity index is 1690. The smallest absolute Gasteiger partial charge is 0.335 e. The van der Waals surface area contributed by atoms with Crippen LogP contribution in [-0.2, 0) is 7.05 Å². The molecule has 0 amide bonds. The van der Waals surface area contributed by atoms with Gasteiger partial charge in [0.1, 0.15) is 0 Å². The largest absolute Gasteiger partial charge is 0.478 e. The second kappa shape index (κ2) is 7.71. The second-order valence-corrected chi connectivity index (χ2v) is 8.31. The predicted octanol–water partition coefficient (Wildman–Crippen LogP) is 6.03. The number of carboxylic acids is 1. The van der Waals surface area contributed by atoms with Crippen LogP contribution in [0.5, 0.6) is 0 Å². The van der Waals surface area contributed by atoms with Gasteiger partial charge in [-0.05, 0) is 84.5 Å². The van der Waals surface area contributed by atoms with Gasteiger partial charge >= 0.3 is 5.97 Å². The van der Waals surface area contributed by atoms with Gasteiger partial charge in [0.15, 0.2) is 0 Å². The van der Waals surface area contributed by atoms with E-state index in [1.54, 1.807) is 12.1 Å². The number of aryl methyl sites for hydroxylation is 1. The molecule has 2 aliphatic rings. The summed E-state index contributed by atoms with van der Waals surface area (Å²) in [5, 5.41) is 9.30. The van der Waals surface area contributed by atoms with E-state index in [1.165, 1.54) is 0 Å². The van der Waals surface area contributed by atoms with Gasteiger partial charge in [0.25, 0.3) is 0 Å². The minimum Gasteiger partial charge on any atom is -0.478 e. The highest BCUT2D eigenvalue weighted by Crippen LogP contribution is 2.31. The predicted molar refractivity (Wildman–Crippen MR) is 136 cm³/mol. The molecule has 5 heterocycles. The van der Waals surface area contributed by atoms with Crippen molar-refractivity contribution in [2.75, 3.05) is 0 Å². The van der Waals surface area contributed by atoms with Crippen LogP contribution >= 0.6 is 0 Å². The highest BCUT2D eigenvalue weighted by molar-refractivity contribution is 5.91. The van der Waals surface area contributed by atoms with E-state index in [-0.39, 0.29) is 5.56 Å². The quantitative estimate of drug-likeness (QED) is 0.341. The van der Waals surface area contributed by atoms with Crippen molar-refractivity contribution in [1.29, 1.82) is 0 Å². The van der Waals surface area contributed by atoms with E-state index in [0.29, 0.717) is 0 Å². The fourth-order valence-electron chi connectivity index (χ4n) is 4.30. The average Bonchev–Trinajstić information content (AvgIpc) is 3.62. The number of hydrogen-bond donors (Lipinski definition) is 2. The zero-order valence-electron chi connectivity index (χ0n) is 18.4. The lowest BCUT2D eigenvalue weighted by Crippen LogP contribution is -1.96. The summed E-state index contributed by atoms with van der Waals surface area (Å²) >= 11 is 0. The number of carbonyl (C=O) groups is 1. The molecule has 0 fully saturated rings. The van der Waals surface area contributed by atoms with E-state index < -0.39 is 5.97 Å². The van der Waals surface area contributed by atoms with Crippen molar-refractivity contribution in [1.82, 2.24) is 19.5 Å². The van der Waals surface area contributed by atoms with Crippen LogP contribution in [0.1, 0.15) is 33.1 Å². The molecule has 2 aliphatic heterocycles. The number of hydrogen-bond acceptors (Lipinski definition) is 3. The Hall–Kier alpha value is -4.71. The monoisotopic (exact) mass is 444 g/mol. The zero-order valence-corrected chi connectivity index (χ0v) is 18.4. The number of fused-ring (bicyclic) bond motifs is 8. The number of carboxylic acid groups (broad SMARTS) is 1. The van der Waals surface area contributed by atoms with Crippen LogP contribution in [0.25, 0.3) is 57.5 Å². The van der Waals surface area contributed by atoms with Gasteiger partial charge in [-0.25, -0.2) is 14.8 Å². The normalized spacial score (nSPS) is 12.3. The number of nitrogens with one attached hydrogen (secondary N) is 1. The Kier molecular flexibility index (Phi) is 4.52. The van der Waals surface area contributed by atoms with Gasteiger partial charge < -0.3 is 14.7 Å². The van der Waals surface area contributed by atoms with Crippen LogP contribution in [0.4, 0.5) is 0 Å². The first-order chi connectivity index (χ1) is 16.5. The van der Waals surface area contributed by atoms with E-state index in [4.69, 9.17) is 9.97 Å². The van der Waals surface area contributed by atoms with E-state index in [2.05, 4.69) is 39.9 Å². The number of nitrogens with zero attached hydrogens (tertiary/aromatic N) is 3. The van der Waals surface area contributed by atoms with Crippen molar-refractivity contribution in [3.05, 3.63) is 95.1 Å². The van der Waals surface area contributed by atoms with Crippen molar-refractivity contribution >= 4 is 52.3 Å². The van der Waals surface area contributed by atoms with Crippen LogP contribution < -0.4 is 0 Å². The first kappa shape index (κ1) is 19.9. The van der Waals surface area contributed by atoms with Crippen LogP contribution in [0.2, 0.25) is 0 Å². The van der Waals surface area contributed by atoms with E-state index >= 15 is 0 Å². The summed E-state index contributed by atoms with van der Waals surface area (Å²) < 4.78 is 2.13. The summed E-state index contributed by atoms with van der Waals surface area (Å²) in [4.78, 5) is 24.5. The molecule has 0 atom stereocenters. The molecular weight excluding hydrogens is 424 g/mol. The Morgan fingerprint density at radius 2 is 1.35 bits per heavy atom. The molecule has 1 aromatic carbocycles. The topological polar surface area (TPSA) is 83.8 Å². The molecule has 4 aromatic rings. The standard InChI is InChI=1S/C28H20N4O2/c1-32-23-10-11-24(32)16-22-9-13-26(31-22)27(17-2-4-18(5-3-17)28(33)34)25-12-8-20(30-25)14-19-6-7-21(15-23)29-19/h2-16,29H,1H3,(H,33,34). The van der Waals surface area contributed by atoms with Crippen LogP contribution in [0.15, 0.2) is 66.7 Å². The third-order valence-electron chi connectivity index (χ3n) is 6.09. The molecule has 0 unspecified atom stereocenters. The molecule has 0 aliphatic carbocycles. The van der Waals surface area contributed by atoms with Gasteiger partial charge in [-0.15, -0.1) is 0 Å². The van der Waals surface area contributed by atoms with Gasteiger partial charge in [-0.2, -0.15) is 0 Å². The Labute approximate surface area is 195 Å². The molecule has 164 valence electrons. The molecule has 2 N–H and O–H groups in total. The number of aromatic amines is 1. The molecule has 0 spiro atoms. The Morgan fingerprint density at radius 1 is 0.765 bits per heavy atom. The lowest BCUT2D eigenvalue weighted by Gasteiger charge is -2.05. The van der Waals surface area contributed by atoms with E-state index in [9.17, 15) is 9.90 Å². The van der Waals surface area contributed by atoms with E-state index in [0.717, 1.165) is 56.0 Å². The fourth-order valence-corrected chi connectivity index (χ4v) is 4.30. The fraction of sp³-hybridized carbons (Fsp3) is 0.0357. The summed E-state index contributed by atoms with van der Waals surface area (Å²) in [5.74, 6) is -0.953. The lowest BCUT2D eigenvalue weighted by atomic mass is 10.0. The molecule has 0 saturated carbocycles. The van der Waals surface area contributed by atoms with Gasteiger partial charge in [0, 0.05) is 34.7 Å². The molecule has 3 aromatic heterocycles. The number of rotatable bonds is 2. The van der Waals surface area contributed by atoms with Gasteiger partial charge in [0.05, 0.1) is 28.3 Å². The lowest BCUT2D eigenvalue weighted by molar-refractivity contribution is 0.0697. The first-order valence-electron chi connectivity index (χ1n) is 10.9. The summed E-state index contributed by atoms with van der Waals surface area (Å²) in [6.45, 7) is 0. The molecular formula is C28H20N4O2. The highest BCUT2D eigenvalue weighted by Gasteiger charge is 2.15. The zero-order chi connectivity index (χ0) is 23.2. The third-order valence-corrected chi connectivity index (χ3v) is 6.09. The van der Waals surface area contributed by atoms with Crippen molar-refractivity contribution < 1.29 is 9.90 Å². The van der Waals surface area contributed by atoms with Gasteiger partial charge in [-0.1, -0.05) is 12.1 Å². The number of aromatic carboxylic acids is 1. The maximum atomic E-state index is 11.3. The molecule has 6 nitrogen and oxygen atoms in total. The third kappa shape index (κ3) is 3.51. The molecule has 34 heavy (non-hydrogen) atoms. The second-order valence-electron chi connectivity index (χ2n) is 8.31. The van der Waals surface area contributed by atoms with Crippen LogP contribution in [0.3, 0.4) is 0 Å². The molecule has 8 bridgehead atoms. The minimum absolute atomic E-state index is 0.241. The Balaban J connectivity index is 1.69. The summed E-state index contributed by atoms with van der Waals surface area (Å²) in [6, 6.07) is 21.3. The SMILES string of the molecule is Cn1c2ccc1cc1ccc(cc3nc(c(-c4ccc(C(=O)O)cc4)c4nc(c2)C=C4)C=C3)[nH]1. The molecule has 6 rings (SSSR count). The molecule has 0 saturated heterocycles. The van der Waals surface area contributed by atoms with Crippen molar-refractivity contribution in [2.24, 2.45) is 7.05 Å². The van der Waals surface area contributed by atoms with Crippen LogP contribution in [-0.4, -0.2) is 30.6 Å². The van der Waals surface area contributed by atoms with Gasteiger partial charge in [0.2, 0.25) is 0 Å².